The standard InChI is InChI=1S/C14H14FN3O4S/c1-2-22-9-4-3-8(10(15)5-9)7-16-18-14-17-13(21)11(23-14)6-12(19)20/h3-5,7,11H,2,6H2,1H3,(H,19,20)(H,17,18,21). The number of aliphatic carboxylic acids is 1. The van der Waals surface area contributed by atoms with Crippen LogP contribution in [0.3, 0.4) is 0 Å². The second kappa shape index (κ2) is 7.73. The largest absolute Gasteiger partial charge is 0.494 e. The molecule has 1 atom stereocenters. The molecule has 1 fully saturated rings. The zero-order chi connectivity index (χ0) is 16.8. The smallest absolute Gasteiger partial charge is 0.305 e. The number of thioether (sulfide) groups is 1. The van der Waals surface area contributed by atoms with Crippen molar-refractivity contribution in [1.29, 1.82) is 0 Å². The van der Waals surface area contributed by atoms with Gasteiger partial charge in [0.25, 0.3) is 0 Å². The van der Waals surface area contributed by atoms with Gasteiger partial charge in [-0.05, 0) is 19.1 Å². The number of carboxylic acid groups (broad SMARTS) is 1. The Morgan fingerprint density at radius 2 is 2.35 bits per heavy atom. The van der Waals surface area contributed by atoms with E-state index in [0.29, 0.717) is 12.4 Å². The third-order valence-corrected chi connectivity index (χ3v) is 3.84. The molecule has 0 aliphatic carbocycles. The minimum absolute atomic E-state index is 0.184. The van der Waals surface area contributed by atoms with Crippen molar-refractivity contribution in [2.45, 2.75) is 18.6 Å². The molecule has 2 rings (SSSR count). The van der Waals surface area contributed by atoms with Gasteiger partial charge in [-0.3, -0.25) is 9.59 Å². The van der Waals surface area contributed by atoms with Gasteiger partial charge in [0.05, 0.1) is 19.2 Å². The second-order valence-corrected chi connectivity index (χ2v) is 5.65. The van der Waals surface area contributed by atoms with Crippen LogP contribution >= 0.6 is 11.8 Å². The SMILES string of the molecule is CCOc1ccc(C=NN=C2NC(=O)C(CC(=O)O)S2)c(F)c1. The molecule has 7 nitrogen and oxygen atoms in total. The molecule has 1 unspecified atom stereocenters. The molecule has 0 spiro atoms. The lowest BCUT2D eigenvalue weighted by atomic mass is 10.2. The number of halogens is 1. The van der Waals surface area contributed by atoms with Crippen LogP contribution in [0.1, 0.15) is 18.9 Å². The first-order chi connectivity index (χ1) is 11.0. The van der Waals surface area contributed by atoms with Gasteiger partial charge >= 0.3 is 5.97 Å². The summed E-state index contributed by atoms with van der Waals surface area (Å²) >= 11 is 0.976. The van der Waals surface area contributed by atoms with E-state index in [-0.39, 0.29) is 17.2 Å². The summed E-state index contributed by atoms with van der Waals surface area (Å²) < 4.78 is 19.0. The van der Waals surface area contributed by atoms with Crippen molar-refractivity contribution in [2.24, 2.45) is 10.2 Å². The predicted molar refractivity (Wildman–Crippen MR) is 84.4 cm³/mol. The van der Waals surface area contributed by atoms with Crippen molar-refractivity contribution in [3.63, 3.8) is 0 Å². The number of amides is 1. The molecule has 0 bridgehead atoms. The fourth-order valence-electron chi connectivity index (χ4n) is 1.76. The molecule has 1 aliphatic rings. The third kappa shape index (κ3) is 4.78. The molecule has 23 heavy (non-hydrogen) atoms. The fraction of sp³-hybridized carbons (Fsp3) is 0.286. The number of hydrogen-bond acceptors (Lipinski definition) is 6. The van der Waals surface area contributed by atoms with Crippen molar-refractivity contribution in [2.75, 3.05) is 6.61 Å². The van der Waals surface area contributed by atoms with E-state index in [4.69, 9.17) is 9.84 Å². The molecule has 0 radical (unpaired) electrons. The molecule has 0 saturated carbocycles. The lowest BCUT2D eigenvalue weighted by molar-refractivity contribution is -0.138. The van der Waals surface area contributed by atoms with Gasteiger partial charge in [-0.25, -0.2) is 4.39 Å². The Kier molecular flexibility index (Phi) is 5.69. The van der Waals surface area contributed by atoms with Crippen molar-refractivity contribution >= 4 is 35.0 Å². The zero-order valence-electron chi connectivity index (χ0n) is 12.2. The van der Waals surface area contributed by atoms with Gasteiger partial charge in [0, 0.05) is 11.6 Å². The maximum atomic E-state index is 13.8. The molecule has 1 aromatic carbocycles. The number of hydrogen-bond donors (Lipinski definition) is 2. The molecule has 1 amide bonds. The number of carbonyl (C=O) groups excluding carboxylic acids is 1. The van der Waals surface area contributed by atoms with Crippen LogP contribution in [-0.4, -0.2) is 40.2 Å². The molecule has 1 heterocycles. The summed E-state index contributed by atoms with van der Waals surface area (Å²) in [7, 11) is 0. The molecule has 1 saturated heterocycles. The Morgan fingerprint density at radius 3 is 3.00 bits per heavy atom. The van der Waals surface area contributed by atoms with Crippen LogP contribution in [0.2, 0.25) is 0 Å². The van der Waals surface area contributed by atoms with Crippen LogP contribution in [-0.2, 0) is 9.59 Å². The van der Waals surface area contributed by atoms with E-state index in [1.165, 1.54) is 18.3 Å². The van der Waals surface area contributed by atoms with E-state index in [2.05, 4.69) is 15.5 Å². The van der Waals surface area contributed by atoms with Gasteiger partial charge in [-0.1, -0.05) is 11.8 Å². The Bertz CT molecular complexity index is 678. The molecular weight excluding hydrogens is 325 g/mol. The van der Waals surface area contributed by atoms with E-state index < -0.39 is 22.9 Å². The van der Waals surface area contributed by atoms with Crippen LogP contribution in [0.25, 0.3) is 0 Å². The summed E-state index contributed by atoms with van der Waals surface area (Å²) in [6, 6.07) is 4.35. The van der Waals surface area contributed by atoms with E-state index in [0.717, 1.165) is 11.8 Å². The topological polar surface area (TPSA) is 100 Å². The normalized spacial score (nSPS) is 19.3. The number of carbonyl (C=O) groups is 2. The average Bonchev–Trinajstić information content (AvgIpc) is 2.81. The van der Waals surface area contributed by atoms with Crippen LogP contribution < -0.4 is 10.1 Å². The van der Waals surface area contributed by atoms with E-state index in [9.17, 15) is 14.0 Å². The van der Waals surface area contributed by atoms with Crippen LogP contribution in [0.4, 0.5) is 4.39 Å². The third-order valence-electron chi connectivity index (χ3n) is 2.76. The predicted octanol–water partition coefficient (Wildman–Crippen LogP) is 1.62. The Morgan fingerprint density at radius 1 is 1.57 bits per heavy atom. The molecule has 2 N–H and O–H groups in total. The highest BCUT2D eigenvalue weighted by molar-refractivity contribution is 8.15. The Labute approximate surface area is 135 Å². The van der Waals surface area contributed by atoms with Gasteiger partial charge in [0.2, 0.25) is 5.91 Å². The summed E-state index contributed by atoms with van der Waals surface area (Å²) in [6.07, 6.45) is 0.905. The number of amidine groups is 1. The van der Waals surface area contributed by atoms with Gasteiger partial charge in [0.1, 0.15) is 16.8 Å². The first kappa shape index (κ1) is 16.9. The highest BCUT2D eigenvalue weighted by Crippen LogP contribution is 2.22. The van der Waals surface area contributed by atoms with Crippen molar-refractivity contribution in [1.82, 2.24) is 5.32 Å². The zero-order valence-corrected chi connectivity index (χ0v) is 13.0. The van der Waals surface area contributed by atoms with Crippen LogP contribution in [0.5, 0.6) is 5.75 Å². The van der Waals surface area contributed by atoms with Crippen LogP contribution in [0, 0.1) is 5.82 Å². The van der Waals surface area contributed by atoms with Crippen molar-refractivity contribution in [3.8, 4) is 5.75 Å². The maximum absolute atomic E-state index is 13.8. The highest BCUT2D eigenvalue weighted by Gasteiger charge is 2.32. The molecule has 1 aliphatic heterocycles. The van der Waals surface area contributed by atoms with Crippen LogP contribution in [0.15, 0.2) is 28.4 Å². The number of carboxylic acids is 1. The lowest BCUT2D eigenvalue weighted by Gasteiger charge is -2.03. The monoisotopic (exact) mass is 339 g/mol. The first-order valence-electron chi connectivity index (χ1n) is 6.72. The lowest BCUT2D eigenvalue weighted by Crippen LogP contribution is -2.26. The number of ether oxygens (including phenoxy) is 1. The second-order valence-electron chi connectivity index (χ2n) is 4.46. The number of rotatable bonds is 6. The van der Waals surface area contributed by atoms with Crippen molar-refractivity contribution < 1.29 is 23.8 Å². The van der Waals surface area contributed by atoms with Gasteiger partial charge in [0.15, 0.2) is 5.17 Å². The van der Waals surface area contributed by atoms with Gasteiger partial charge in [-0.15, -0.1) is 5.10 Å². The Hall–Kier alpha value is -2.42. The molecule has 122 valence electrons. The molecule has 0 aromatic heterocycles. The highest BCUT2D eigenvalue weighted by atomic mass is 32.2. The minimum atomic E-state index is -1.07. The van der Waals surface area contributed by atoms with Gasteiger partial charge in [-0.2, -0.15) is 5.10 Å². The number of nitrogens with one attached hydrogen (secondary N) is 1. The summed E-state index contributed by atoms with van der Waals surface area (Å²) in [5.74, 6) is -1.59. The van der Waals surface area contributed by atoms with E-state index in [1.807, 2.05) is 0 Å². The van der Waals surface area contributed by atoms with E-state index in [1.54, 1.807) is 13.0 Å². The molecule has 1 aromatic rings. The Balaban J connectivity index is 2.01. The summed E-state index contributed by atoms with van der Waals surface area (Å²) in [4.78, 5) is 22.1. The number of nitrogens with zero attached hydrogens (tertiary/aromatic N) is 2. The summed E-state index contributed by atoms with van der Waals surface area (Å²) in [6.45, 7) is 2.24. The van der Waals surface area contributed by atoms with E-state index >= 15 is 0 Å². The maximum Gasteiger partial charge on any atom is 0.305 e. The summed E-state index contributed by atoms with van der Waals surface area (Å²) in [5, 5.41) is 18.0. The minimum Gasteiger partial charge on any atom is -0.494 e. The fourth-order valence-corrected chi connectivity index (χ4v) is 2.67. The first-order valence-corrected chi connectivity index (χ1v) is 7.60. The van der Waals surface area contributed by atoms with Gasteiger partial charge < -0.3 is 15.2 Å². The number of benzene rings is 1. The molecular formula is C14H14FN3O4S. The summed E-state index contributed by atoms with van der Waals surface area (Å²) in [5.41, 5.74) is 0.217. The quantitative estimate of drug-likeness (QED) is 0.606. The average molecular weight is 339 g/mol. The molecule has 9 heteroatoms. The van der Waals surface area contributed by atoms with Crippen molar-refractivity contribution in [3.05, 3.63) is 29.6 Å².